The van der Waals surface area contributed by atoms with Gasteiger partial charge >= 0.3 is 0 Å². The van der Waals surface area contributed by atoms with Crippen molar-refractivity contribution in [2.75, 3.05) is 22.9 Å². The fourth-order valence-electron chi connectivity index (χ4n) is 6.40. The van der Waals surface area contributed by atoms with Gasteiger partial charge in [0, 0.05) is 40.3 Å². The van der Waals surface area contributed by atoms with Crippen LogP contribution in [-0.2, 0) is 11.8 Å². The van der Waals surface area contributed by atoms with Crippen molar-refractivity contribution in [1.29, 1.82) is 0 Å². The van der Waals surface area contributed by atoms with Crippen molar-refractivity contribution in [3.8, 4) is 46.0 Å². The molecule has 0 unspecified atom stereocenters. The molecule has 0 atom stereocenters. The molecule has 0 spiro atoms. The summed E-state index contributed by atoms with van der Waals surface area (Å²) < 4.78 is 23.5. The number of hydrogen-bond acceptors (Lipinski definition) is 8. The number of nitrogens with two attached hydrogens (primary N) is 4. The summed E-state index contributed by atoms with van der Waals surface area (Å²) in [5, 5.41) is 0. The van der Waals surface area contributed by atoms with E-state index in [9.17, 15) is 0 Å². The molecule has 8 aromatic carbocycles. The van der Waals surface area contributed by atoms with Crippen LogP contribution >= 0.6 is 0 Å². The largest absolute Gasteiger partial charge is 0.457 e. The monoisotopic (exact) mass is 792 g/mol. The Morgan fingerprint density at radius 3 is 0.917 bits per heavy atom. The van der Waals surface area contributed by atoms with Crippen LogP contribution in [0, 0.1) is 0 Å². The number of anilines is 4. The highest BCUT2D eigenvalue weighted by molar-refractivity contribution is 5.49. The Bertz CT molecular complexity index is 2410. The third kappa shape index (κ3) is 11.2. The van der Waals surface area contributed by atoms with Crippen molar-refractivity contribution in [1.82, 2.24) is 0 Å². The standard InChI is InChI=1S/C27H26N2O2.C25H22N2O2/c1-27(2,19-9-13-23(14-10-19)30-25-7-3-5-21(28)17-25)20-11-15-24(16-12-20)31-26-8-4-6-22(29)18-26;26-20-5-13-24(14-6-20)28-22-9-1-18(2-10-22)17-19-3-11-23(12-4-19)29-25-15-7-21(27)8-16-25/h3-18H,28-29H2,1-2H3;1-16H,17,26-27H2. The van der Waals surface area contributed by atoms with Crippen LogP contribution in [0.15, 0.2) is 194 Å². The Morgan fingerprint density at radius 2 is 0.600 bits per heavy atom. The lowest BCUT2D eigenvalue weighted by atomic mass is 9.78. The van der Waals surface area contributed by atoms with Crippen LogP contribution in [0.1, 0.15) is 36.1 Å². The summed E-state index contributed by atoms with van der Waals surface area (Å²) in [4.78, 5) is 0. The van der Waals surface area contributed by atoms with E-state index in [0.717, 1.165) is 63.8 Å². The summed E-state index contributed by atoms with van der Waals surface area (Å²) in [5.74, 6) is 6.13. The van der Waals surface area contributed by atoms with Crippen molar-refractivity contribution in [3.63, 3.8) is 0 Å². The van der Waals surface area contributed by atoms with Crippen molar-refractivity contribution >= 4 is 22.7 Å². The van der Waals surface area contributed by atoms with Gasteiger partial charge in [0.2, 0.25) is 0 Å². The topological polar surface area (TPSA) is 141 Å². The molecule has 0 aromatic heterocycles. The van der Waals surface area contributed by atoms with Gasteiger partial charge in [-0.25, -0.2) is 0 Å². The van der Waals surface area contributed by atoms with Crippen LogP contribution in [0.25, 0.3) is 0 Å². The molecule has 8 N–H and O–H groups in total. The first-order valence-corrected chi connectivity index (χ1v) is 19.6. The van der Waals surface area contributed by atoms with Gasteiger partial charge < -0.3 is 41.9 Å². The maximum atomic E-state index is 5.91. The highest BCUT2D eigenvalue weighted by Gasteiger charge is 2.23. The number of rotatable bonds is 12. The predicted octanol–water partition coefficient (Wildman–Crippen LogP) is 12.8. The Hall–Kier alpha value is -7.84. The molecule has 0 aliphatic heterocycles. The Kier molecular flexibility index (Phi) is 12.5. The first-order chi connectivity index (χ1) is 29.0. The second-order valence-electron chi connectivity index (χ2n) is 14.8. The minimum Gasteiger partial charge on any atom is -0.457 e. The maximum Gasteiger partial charge on any atom is 0.129 e. The average Bonchev–Trinajstić information content (AvgIpc) is 3.25. The lowest BCUT2D eigenvalue weighted by Crippen LogP contribution is -2.18. The van der Waals surface area contributed by atoms with Crippen LogP contribution in [0.2, 0.25) is 0 Å². The van der Waals surface area contributed by atoms with Gasteiger partial charge in [-0.1, -0.05) is 74.5 Å². The molecule has 300 valence electrons. The first-order valence-electron chi connectivity index (χ1n) is 19.6. The second-order valence-corrected chi connectivity index (χ2v) is 14.8. The van der Waals surface area contributed by atoms with E-state index in [2.05, 4.69) is 62.4 Å². The quantitative estimate of drug-likeness (QED) is 0.0896. The van der Waals surface area contributed by atoms with Gasteiger partial charge in [0.05, 0.1) is 0 Å². The molecule has 0 saturated carbocycles. The van der Waals surface area contributed by atoms with Gasteiger partial charge in [-0.05, 0) is 150 Å². The summed E-state index contributed by atoms with van der Waals surface area (Å²) >= 11 is 0. The summed E-state index contributed by atoms with van der Waals surface area (Å²) in [5.41, 5.74) is 30.5. The van der Waals surface area contributed by atoms with Crippen LogP contribution in [0.5, 0.6) is 46.0 Å². The second kappa shape index (κ2) is 18.6. The molecule has 0 saturated heterocycles. The molecule has 8 heteroatoms. The lowest BCUT2D eigenvalue weighted by Gasteiger charge is -2.26. The first kappa shape index (κ1) is 40.4. The zero-order chi connectivity index (χ0) is 41.9. The Balaban J connectivity index is 0.000000182. The van der Waals surface area contributed by atoms with Crippen LogP contribution < -0.4 is 41.9 Å². The molecule has 0 aliphatic carbocycles. The van der Waals surface area contributed by atoms with E-state index in [1.165, 1.54) is 22.3 Å². The predicted molar refractivity (Wildman–Crippen MR) is 244 cm³/mol. The number of benzene rings is 8. The Morgan fingerprint density at radius 1 is 0.317 bits per heavy atom. The van der Waals surface area contributed by atoms with E-state index < -0.39 is 0 Å². The van der Waals surface area contributed by atoms with Gasteiger partial charge in [0.15, 0.2) is 0 Å². The zero-order valence-electron chi connectivity index (χ0n) is 33.6. The minimum absolute atomic E-state index is 0.175. The van der Waals surface area contributed by atoms with Crippen molar-refractivity contribution in [2.24, 2.45) is 0 Å². The molecule has 0 bridgehead atoms. The molecule has 0 amide bonds. The third-order valence-corrected chi connectivity index (χ3v) is 9.83. The fraction of sp³-hybridized carbons (Fsp3) is 0.0769. The van der Waals surface area contributed by atoms with Gasteiger partial charge in [-0.2, -0.15) is 0 Å². The van der Waals surface area contributed by atoms with E-state index in [0.29, 0.717) is 11.4 Å². The SMILES string of the molecule is CC(C)(c1ccc(Oc2cccc(N)c2)cc1)c1ccc(Oc2cccc(N)c2)cc1.Nc1ccc(Oc2ccc(Cc3ccc(Oc4ccc(N)cc4)cc3)cc2)cc1. The van der Waals surface area contributed by atoms with E-state index in [1.807, 2.05) is 146 Å². The summed E-state index contributed by atoms with van der Waals surface area (Å²) in [6.07, 6.45) is 0.838. The van der Waals surface area contributed by atoms with E-state index >= 15 is 0 Å². The van der Waals surface area contributed by atoms with Gasteiger partial charge in [0.1, 0.15) is 46.0 Å². The highest BCUT2D eigenvalue weighted by atomic mass is 16.5. The normalized spacial score (nSPS) is 10.8. The van der Waals surface area contributed by atoms with E-state index in [-0.39, 0.29) is 5.41 Å². The van der Waals surface area contributed by atoms with Gasteiger partial charge in [-0.3, -0.25) is 0 Å². The van der Waals surface area contributed by atoms with Crippen molar-refractivity contribution < 1.29 is 18.9 Å². The molecular weight excluding hydrogens is 745 g/mol. The zero-order valence-corrected chi connectivity index (χ0v) is 33.6. The van der Waals surface area contributed by atoms with E-state index in [1.54, 1.807) is 0 Å². The maximum absolute atomic E-state index is 5.91. The molecular formula is C52H48N4O4. The molecule has 0 fully saturated rings. The molecule has 8 aromatic rings. The number of ether oxygens (including phenoxy) is 4. The molecule has 8 nitrogen and oxygen atoms in total. The molecule has 0 heterocycles. The number of nitrogen functional groups attached to an aromatic ring is 4. The van der Waals surface area contributed by atoms with Gasteiger partial charge in [0.25, 0.3) is 0 Å². The summed E-state index contributed by atoms with van der Waals surface area (Å²) in [6, 6.07) is 62.1. The summed E-state index contributed by atoms with van der Waals surface area (Å²) in [6.45, 7) is 4.41. The van der Waals surface area contributed by atoms with Crippen molar-refractivity contribution in [3.05, 3.63) is 216 Å². The molecule has 0 radical (unpaired) electrons. The van der Waals surface area contributed by atoms with E-state index in [4.69, 9.17) is 41.9 Å². The summed E-state index contributed by atoms with van der Waals surface area (Å²) in [7, 11) is 0. The third-order valence-electron chi connectivity index (χ3n) is 9.83. The van der Waals surface area contributed by atoms with Gasteiger partial charge in [-0.15, -0.1) is 0 Å². The van der Waals surface area contributed by atoms with Crippen LogP contribution in [0.4, 0.5) is 22.7 Å². The molecule has 8 rings (SSSR count). The average molecular weight is 793 g/mol. The fourth-order valence-corrected chi connectivity index (χ4v) is 6.40. The van der Waals surface area contributed by atoms with Crippen LogP contribution in [0.3, 0.4) is 0 Å². The highest BCUT2D eigenvalue weighted by Crippen LogP contribution is 2.35. The van der Waals surface area contributed by atoms with Crippen LogP contribution in [-0.4, -0.2) is 0 Å². The Labute approximate surface area is 351 Å². The smallest absolute Gasteiger partial charge is 0.129 e. The minimum atomic E-state index is -0.175. The molecule has 60 heavy (non-hydrogen) atoms. The van der Waals surface area contributed by atoms with Crippen molar-refractivity contribution in [2.45, 2.75) is 25.7 Å². The molecule has 0 aliphatic rings. The number of hydrogen-bond donors (Lipinski definition) is 4. The lowest BCUT2D eigenvalue weighted by molar-refractivity contribution is 0.481.